The second-order valence-electron chi connectivity index (χ2n) is 7.07. The van der Waals surface area contributed by atoms with Gasteiger partial charge in [-0.2, -0.15) is 0 Å². The zero-order valence-electron chi connectivity index (χ0n) is 15.3. The Balaban J connectivity index is 1.45. The third-order valence-electron chi connectivity index (χ3n) is 5.07. The molecule has 1 heterocycles. The molecule has 4 heteroatoms. The largest absolute Gasteiger partial charge is 0.359 e. The summed E-state index contributed by atoms with van der Waals surface area (Å²) in [6.45, 7) is 2.49. The lowest BCUT2D eigenvalue weighted by molar-refractivity contribution is -0.122. The number of rotatable bonds is 5. The van der Waals surface area contributed by atoms with Crippen LogP contribution in [-0.4, -0.2) is 16.7 Å². The number of amides is 1. The number of H-pyrrole nitrogens is 1. The number of nitrogens with one attached hydrogen (secondary N) is 2. The predicted molar refractivity (Wildman–Crippen MR) is 107 cm³/mol. The molecule has 3 aromatic rings. The van der Waals surface area contributed by atoms with Crippen molar-refractivity contribution in [3.63, 3.8) is 0 Å². The Morgan fingerprint density at radius 1 is 1.07 bits per heavy atom. The number of aromatic amines is 1. The molecule has 0 saturated heterocycles. The number of ketones is 1. The summed E-state index contributed by atoms with van der Waals surface area (Å²) in [6, 6.07) is 18.1. The van der Waals surface area contributed by atoms with Crippen molar-refractivity contribution in [1.82, 2.24) is 10.3 Å². The molecule has 0 atom stereocenters. The minimum atomic E-state index is -0.112. The molecule has 4 rings (SSSR count). The van der Waals surface area contributed by atoms with Gasteiger partial charge >= 0.3 is 0 Å². The van der Waals surface area contributed by atoms with Crippen molar-refractivity contribution in [2.75, 3.05) is 0 Å². The molecule has 0 saturated carbocycles. The van der Waals surface area contributed by atoms with E-state index in [9.17, 15) is 9.59 Å². The predicted octanol–water partition coefficient (Wildman–Crippen LogP) is 4.30. The van der Waals surface area contributed by atoms with E-state index < -0.39 is 0 Å². The zero-order valence-corrected chi connectivity index (χ0v) is 15.3. The average Bonchev–Trinajstić information content (AvgIpc) is 3.22. The van der Waals surface area contributed by atoms with Crippen LogP contribution in [0.4, 0.5) is 0 Å². The van der Waals surface area contributed by atoms with E-state index in [4.69, 9.17) is 0 Å². The summed E-state index contributed by atoms with van der Waals surface area (Å²) >= 11 is 0. The summed E-state index contributed by atoms with van der Waals surface area (Å²) in [7, 11) is 0. The second-order valence-corrected chi connectivity index (χ2v) is 7.07. The van der Waals surface area contributed by atoms with Crippen LogP contribution < -0.4 is 5.32 Å². The van der Waals surface area contributed by atoms with Gasteiger partial charge in [0.1, 0.15) is 0 Å². The van der Waals surface area contributed by atoms with Crippen LogP contribution in [-0.2, 0) is 16.1 Å². The van der Waals surface area contributed by atoms with Gasteiger partial charge in [-0.1, -0.05) is 36.4 Å². The van der Waals surface area contributed by atoms with Gasteiger partial charge in [0.25, 0.3) is 0 Å². The number of hydrogen-bond donors (Lipinski definition) is 2. The lowest BCUT2D eigenvalue weighted by Crippen LogP contribution is -2.24. The van der Waals surface area contributed by atoms with E-state index in [0.717, 1.165) is 39.7 Å². The van der Waals surface area contributed by atoms with Crippen molar-refractivity contribution in [2.45, 2.75) is 32.7 Å². The van der Waals surface area contributed by atoms with Crippen LogP contribution >= 0.6 is 0 Å². The molecule has 1 aromatic heterocycles. The Morgan fingerprint density at radius 3 is 2.70 bits per heavy atom. The van der Waals surface area contributed by atoms with Crippen molar-refractivity contribution in [2.24, 2.45) is 0 Å². The highest BCUT2D eigenvalue weighted by Gasteiger charge is 2.25. The Bertz CT molecular complexity index is 1040. The van der Waals surface area contributed by atoms with E-state index in [1.165, 1.54) is 0 Å². The molecule has 0 radical (unpaired) electrons. The van der Waals surface area contributed by atoms with Crippen molar-refractivity contribution in [3.05, 3.63) is 77.0 Å². The number of carbonyl (C=O) groups excluding carboxylic acids is 2. The van der Waals surface area contributed by atoms with Crippen LogP contribution in [0.1, 0.15) is 36.1 Å². The molecule has 1 amide bonds. The number of carbonyl (C=O) groups is 2. The molecular weight excluding hydrogens is 336 g/mol. The highest BCUT2D eigenvalue weighted by molar-refractivity contribution is 6.10. The zero-order chi connectivity index (χ0) is 18.8. The fourth-order valence-electron chi connectivity index (χ4n) is 3.73. The Morgan fingerprint density at radius 2 is 1.89 bits per heavy atom. The fourth-order valence-corrected chi connectivity index (χ4v) is 3.73. The molecule has 0 fully saturated rings. The Kier molecular flexibility index (Phi) is 4.63. The molecule has 27 heavy (non-hydrogen) atoms. The summed E-state index contributed by atoms with van der Waals surface area (Å²) in [5.41, 5.74) is 5.97. The van der Waals surface area contributed by atoms with Crippen LogP contribution in [0.2, 0.25) is 0 Å². The van der Waals surface area contributed by atoms with E-state index >= 15 is 0 Å². The standard InChI is InChI=1S/C23H22N2O2/c1-15-11-18-12-16(7-9-21(18)25-15)14-24-23(27)13-20-19(8-10-22(20)26)17-5-3-2-4-6-17/h2-7,9,11-12,25H,8,10,13-14H2,1H3,(H,24,27). The lowest BCUT2D eigenvalue weighted by Gasteiger charge is -2.09. The quantitative estimate of drug-likeness (QED) is 0.714. The summed E-state index contributed by atoms with van der Waals surface area (Å²) < 4.78 is 0. The third-order valence-corrected chi connectivity index (χ3v) is 5.07. The van der Waals surface area contributed by atoms with Crippen LogP contribution in [0, 0.1) is 6.92 Å². The van der Waals surface area contributed by atoms with Crippen molar-refractivity contribution < 1.29 is 9.59 Å². The van der Waals surface area contributed by atoms with Gasteiger partial charge in [0.2, 0.25) is 5.91 Å². The highest BCUT2D eigenvalue weighted by Crippen LogP contribution is 2.33. The number of aromatic nitrogens is 1. The topological polar surface area (TPSA) is 62.0 Å². The maximum absolute atomic E-state index is 12.5. The van der Waals surface area contributed by atoms with Gasteiger partial charge < -0.3 is 10.3 Å². The van der Waals surface area contributed by atoms with Crippen LogP contribution in [0.3, 0.4) is 0 Å². The van der Waals surface area contributed by atoms with Gasteiger partial charge in [0.15, 0.2) is 5.78 Å². The van der Waals surface area contributed by atoms with E-state index in [1.54, 1.807) is 0 Å². The summed E-state index contributed by atoms with van der Waals surface area (Å²) in [5, 5.41) is 4.09. The SMILES string of the molecule is Cc1cc2cc(CNC(=O)CC3=C(c4ccccc4)CCC3=O)ccc2[nH]1. The average molecular weight is 358 g/mol. The first kappa shape index (κ1) is 17.3. The smallest absolute Gasteiger partial charge is 0.224 e. The first-order chi connectivity index (χ1) is 13.1. The number of Topliss-reactive ketones (excluding diaryl/α,β-unsaturated/α-hetero) is 1. The number of aryl methyl sites for hydroxylation is 1. The summed E-state index contributed by atoms with van der Waals surface area (Å²) in [5.74, 6) is -0.0211. The van der Waals surface area contributed by atoms with Crippen LogP contribution in [0.5, 0.6) is 0 Å². The maximum atomic E-state index is 12.5. The van der Waals surface area contributed by atoms with Crippen LogP contribution in [0.15, 0.2) is 60.2 Å². The molecule has 136 valence electrons. The van der Waals surface area contributed by atoms with Gasteiger partial charge in [-0.3, -0.25) is 9.59 Å². The van der Waals surface area contributed by atoms with Crippen molar-refractivity contribution in [3.8, 4) is 0 Å². The minimum absolute atomic E-state index is 0.0909. The highest BCUT2D eigenvalue weighted by atomic mass is 16.2. The number of hydrogen-bond acceptors (Lipinski definition) is 2. The van der Waals surface area contributed by atoms with Gasteiger partial charge in [0.05, 0.1) is 6.42 Å². The molecule has 0 aliphatic heterocycles. The molecule has 1 aliphatic carbocycles. The molecule has 2 aromatic carbocycles. The van der Waals surface area contributed by atoms with Crippen molar-refractivity contribution in [1.29, 1.82) is 0 Å². The lowest BCUT2D eigenvalue weighted by atomic mass is 10.00. The molecule has 0 unspecified atom stereocenters. The van der Waals surface area contributed by atoms with E-state index in [1.807, 2.05) is 49.4 Å². The number of fused-ring (bicyclic) bond motifs is 1. The summed E-state index contributed by atoms with van der Waals surface area (Å²) in [4.78, 5) is 28.0. The normalized spacial score (nSPS) is 14.2. The van der Waals surface area contributed by atoms with Gasteiger partial charge in [-0.05, 0) is 53.6 Å². The minimum Gasteiger partial charge on any atom is -0.359 e. The van der Waals surface area contributed by atoms with Gasteiger partial charge in [-0.25, -0.2) is 0 Å². The van der Waals surface area contributed by atoms with Crippen molar-refractivity contribution >= 4 is 28.2 Å². The molecule has 0 spiro atoms. The fraction of sp³-hybridized carbons (Fsp3) is 0.217. The number of allylic oxidation sites excluding steroid dienone is 1. The van der Waals surface area contributed by atoms with E-state index in [-0.39, 0.29) is 18.1 Å². The molecule has 2 N–H and O–H groups in total. The summed E-state index contributed by atoms with van der Waals surface area (Å²) in [6.07, 6.45) is 1.36. The monoisotopic (exact) mass is 358 g/mol. The first-order valence-electron chi connectivity index (χ1n) is 9.26. The number of benzene rings is 2. The van der Waals surface area contributed by atoms with E-state index in [2.05, 4.69) is 22.4 Å². The maximum Gasteiger partial charge on any atom is 0.224 e. The molecule has 4 nitrogen and oxygen atoms in total. The van der Waals surface area contributed by atoms with Gasteiger partial charge in [-0.15, -0.1) is 0 Å². The molecular formula is C23H22N2O2. The Hall–Kier alpha value is -3.14. The van der Waals surface area contributed by atoms with E-state index in [0.29, 0.717) is 18.5 Å². The second kappa shape index (κ2) is 7.23. The third kappa shape index (κ3) is 3.70. The molecule has 0 bridgehead atoms. The van der Waals surface area contributed by atoms with Gasteiger partial charge in [0, 0.05) is 29.7 Å². The van der Waals surface area contributed by atoms with Crippen LogP contribution in [0.25, 0.3) is 16.5 Å². The Labute approximate surface area is 158 Å². The molecule has 1 aliphatic rings. The first-order valence-corrected chi connectivity index (χ1v) is 9.26.